The average molecular weight is 246 g/mol. The number of hydrogen-bond donors (Lipinski definition) is 0. The summed E-state index contributed by atoms with van der Waals surface area (Å²) in [6, 6.07) is 2.19. The second-order valence-corrected chi connectivity index (χ2v) is 7.79. The van der Waals surface area contributed by atoms with Crippen molar-refractivity contribution >= 4 is 0 Å². The average Bonchev–Trinajstić information content (AvgIpc) is 2.24. The lowest BCUT2D eigenvalue weighted by Crippen LogP contribution is -2.38. The minimum absolute atomic E-state index is 0.274. The maximum absolute atomic E-state index is 4.35. The first kappa shape index (κ1) is 13.5. The fourth-order valence-corrected chi connectivity index (χ4v) is 3.53. The van der Waals surface area contributed by atoms with Crippen LogP contribution in [0.4, 0.5) is 0 Å². The first-order valence-corrected chi connectivity index (χ1v) is 7.01. The summed E-state index contributed by atoms with van der Waals surface area (Å²) in [5, 5.41) is 8.40. The van der Waals surface area contributed by atoms with E-state index in [1.807, 2.05) is 6.20 Å². The largest absolute Gasteiger partial charge is 0.159 e. The third-order valence-electron chi connectivity index (χ3n) is 4.31. The molecule has 0 saturated heterocycles. The zero-order chi connectivity index (χ0) is 13.6. The predicted molar refractivity (Wildman–Crippen MR) is 75.5 cm³/mol. The monoisotopic (exact) mass is 246 g/mol. The quantitative estimate of drug-likeness (QED) is 0.685. The van der Waals surface area contributed by atoms with Crippen molar-refractivity contribution in [1.29, 1.82) is 0 Å². The van der Waals surface area contributed by atoms with Gasteiger partial charge in [0.2, 0.25) is 0 Å². The topological polar surface area (TPSA) is 25.8 Å². The molecule has 0 aromatic carbocycles. The fraction of sp³-hybridized carbons (Fsp3) is 0.750. The van der Waals surface area contributed by atoms with Crippen molar-refractivity contribution in [2.45, 2.75) is 60.3 Å². The standard InChI is InChI=1S/C16H26N2/c1-15(2,3)12-7-8-13-11(9-10-17-18-13)14(12)16(4,5)6/h9-10,12,14H,7-8H2,1-6H3/t12?,14-/m0/s1. The molecule has 0 radical (unpaired) electrons. The van der Waals surface area contributed by atoms with E-state index in [9.17, 15) is 0 Å². The predicted octanol–water partition coefficient (Wildman–Crippen LogP) is 4.21. The lowest BCUT2D eigenvalue weighted by atomic mass is 9.58. The van der Waals surface area contributed by atoms with Crippen molar-refractivity contribution in [2.75, 3.05) is 0 Å². The van der Waals surface area contributed by atoms with Gasteiger partial charge in [0.25, 0.3) is 0 Å². The first-order valence-electron chi connectivity index (χ1n) is 7.01. The summed E-state index contributed by atoms with van der Waals surface area (Å²) in [6.45, 7) is 14.2. The zero-order valence-corrected chi connectivity index (χ0v) is 12.6. The molecule has 0 amide bonds. The van der Waals surface area contributed by atoms with Gasteiger partial charge in [-0.2, -0.15) is 10.2 Å². The fourth-order valence-electron chi connectivity index (χ4n) is 3.53. The van der Waals surface area contributed by atoms with Gasteiger partial charge in [-0.1, -0.05) is 41.5 Å². The highest BCUT2D eigenvalue weighted by Gasteiger charge is 2.43. The van der Waals surface area contributed by atoms with Crippen molar-refractivity contribution in [2.24, 2.45) is 16.7 Å². The Balaban J connectivity index is 2.50. The maximum Gasteiger partial charge on any atom is 0.0666 e. The molecule has 2 nitrogen and oxygen atoms in total. The lowest BCUT2D eigenvalue weighted by molar-refractivity contribution is 0.107. The van der Waals surface area contributed by atoms with Gasteiger partial charge in [-0.15, -0.1) is 0 Å². The van der Waals surface area contributed by atoms with E-state index in [1.165, 1.54) is 17.7 Å². The zero-order valence-electron chi connectivity index (χ0n) is 12.6. The minimum atomic E-state index is 0.274. The smallest absolute Gasteiger partial charge is 0.0666 e. The Labute approximate surface area is 111 Å². The van der Waals surface area contributed by atoms with E-state index in [4.69, 9.17) is 0 Å². The van der Waals surface area contributed by atoms with Crippen LogP contribution in [-0.4, -0.2) is 10.2 Å². The third kappa shape index (κ3) is 2.43. The van der Waals surface area contributed by atoms with Crippen LogP contribution >= 0.6 is 0 Å². The highest BCUT2D eigenvalue weighted by molar-refractivity contribution is 5.29. The van der Waals surface area contributed by atoms with Crippen LogP contribution in [0.3, 0.4) is 0 Å². The second kappa shape index (κ2) is 4.32. The Morgan fingerprint density at radius 2 is 1.72 bits per heavy atom. The van der Waals surface area contributed by atoms with Crippen LogP contribution < -0.4 is 0 Å². The molecule has 0 N–H and O–H groups in total. The summed E-state index contributed by atoms with van der Waals surface area (Å²) in [6.07, 6.45) is 4.16. The molecule has 0 saturated carbocycles. The van der Waals surface area contributed by atoms with E-state index in [2.05, 4.69) is 57.8 Å². The molecule has 100 valence electrons. The van der Waals surface area contributed by atoms with Gasteiger partial charge in [0.1, 0.15) is 0 Å². The summed E-state index contributed by atoms with van der Waals surface area (Å²) in [4.78, 5) is 0. The summed E-state index contributed by atoms with van der Waals surface area (Å²) in [7, 11) is 0. The van der Waals surface area contributed by atoms with E-state index in [0.717, 1.165) is 6.42 Å². The Hall–Kier alpha value is -0.920. The molecular weight excluding hydrogens is 220 g/mol. The highest BCUT2D eigenvalue weighted by atomic mass is 15.1. The van der Waals surface area contributed by atoms with E-state index in [1.54, 1.807) is 0 Å². The minimum Gasteiger partial charge on any atom is -0.159 e. The van der Waals surface area contributed by atoms with Crippen LogP contribution in [-0.2, 0) is 6.42 Å². The van der Waals surface area contributed by atoms with Crippen LogP contribution in [0.1, 0.15) is 65.1 Å². The molecular formula is C16H26N2. The number of aryl methyl sites for hydroxylation is 1. The molecule has 2 heteroatoms. The van der Waals surface area contributed by atoms with E-state index >= 15 is 0 Å². The Morgan fingerprint density at radius 3 is 2.28 bits per heavy atom. The van der Waals surface area contributed by atoms with Crippen LogP contribution in [0.5, 0.6) is 0 Å². The molecule has 1 unspecified atom stereocenters. The van der Waals surface area contributed by atoms with Crippen LogP contribution in [0.15, 0.2) is 12.3 Å². The molecule has 0 spiro atoms. The van der Waals surface area contributed by atoms with Crippen LogP contribution in [0.25, 0.3) is 0 Å². The Morgan fingerprint density at radius 1 is 1.06 bits per heavy atom. The lowest BCUT2D eigenvalue weighted by Gasteiger charge is -2.47. The van der Waals surface area contributed by atoms with Crippen molar-refractivity contribution in [3.63, 3.8) is 0 Å². The molecule has 1 aromatic rings. The second-order valence-electron chi connectivity index (χ2n) is 7.79. The van der Waals surface area contributed by atoms with Gasteiger partial charge in [0.05, 0.1) is 5.69 Å². The van der Waals surface area contributed by atoms with Crippen molar-refractivity contribution in [3.05, 3.63) is 23.5 Å². The number of nitrogens with zero attached hydrogens (tertiary/aromatic N) is 2. The highest BCUT2D eigenvalue weighted by Crippen LogP contribution is 2.52. The van der Waals surface area contributed by atoms with Crippen molar-refractivity contribution in [1.82, 2.24) is 10.2 Å². The Kier molecular flexibility index (Phi) is 3.25. The van der Waals surface area contributed by atoms with Gasteiger partial charge < -0.3 is 0 Å². The molecule has 1 heterocycles. The van der Waals surface area contributed by atoms with E-state index < -0.39 is 0 Å². The van der Waals surface area contributed by atoms with Gasteiger partial charge >= 0.3 is 0 Å². The van der Waals surface area contributed by atoms with E-state index in [-0.39, 0.29) is 5.41 Å². The molecule has 0 fully saturated rings. The molecule has 18 heavy (non-hydrogen) atoms. The van der Waals surface area contributed by atoms with Gasteiger partial charge in [0.15, 0.2) is 0 Å². The van der Waals surface area contributed by atoms with Gasteiger partial charge in [-0.3, -0.25) is 0 Å². The molecule has 0 aliphatic heterocycles. The number of aromatic nitrogens is 2. The van der Waals surface area contributed by atoms with Crippen molar-refractivity contribution < 1.29 is 0 Å². The third-order valence-corrected chi connectivity index (χ3v) is 4.31. The SMILES string of the molecule is CC(C)(C)C1CCc2nnccc2[C@@H]1C(C)(C)C. The normalized spacial score (nSPS) is 24.8. The summed E-state index contributed by atoms with van der Waals surface area (Å²) < 4.78 is 0. The molecule has 2 atom stereocenters. The number of fused-ring (bicyclic) bond motifs is 1. The van der Waals surface area contributed by atoms with Crippen LogP contribution in [0.2, 0.25) is 0 Å². The molecule has 1 aromatic heterocycles. The first-order chi connectivity index (χ1) is 8.21. The summed E-state index contributed by atoms with van der Waals surface area (Å²) in [5.41, 5.74) is 3.27. The number of rotatable bonds is 0. The van der Waals surface area contributed by atoms with Gasteiger partial charge in [0, 0.05) is 6.20 Å². The molecule has 1 aliphatic rings. The maximum atomic E-state index is 4.35. The van der Waals surface area contributed by atoms with Gasteiger partial charge in [-0.05, 0) is 47.1 Å². The van der Waals surface area contributed by atoms with Gasteiger partial charge in [-0.25, -0.2) is 0 Å². The van der Waals surface area contributed by atoms with E-state index in [0.29, 0.717) is 17.3 Å². The van der Waals surface area contributed by atoms with Crippen molar-refractivity contribution in [3.8, 4) is 0 Å². The Bertz CT molecular complexity index is 423. The van der Waals surface area contributed by atoms with Crippen LogP contribution in [0, 0.1) is 16.7 Å². The molecule has 0 bridgehead atoms. The molecule has 2 rings (SSSR count). The summed E-state index contributed by atoms with van der Waals surface area (Å²) >= 11 is 0. The molecule has 1 aliphatic carbocycles. The summed E-state index contributed by atoms with van der Waals surface area (Å²) in [5.74, 6) is 1.30. The number of hydrogen-bond acceptors (Lipinski definition) is 2.